The van der Waals surface area contributed by atoms with Gasteiger partial charge in [0.1, 0.15) is 5.65 Å². The fourth-order valence-corrected chi connectivity index (χ4v) is 5.15. The van der Waals surface area contributed by atoms with E-state index < -0.39 is 10.0 Å². The minimum Gasteiger partial charge on any atom is -0.380 e. The van der Waals surface area contributed by atoms with Crippen LogP contribution in [0.15, 0.2) is 46.6 Å². The minimum absolute atomic E-state index is 0. The van der Waals surface area contributed by atoms with Gasteiger partial charge < -0.3 is 9.30 Å². The molecule has 29 heavy (non-hydrogen) atoms. The summed E-state index contributed by atoms with van der Waals surface area (Å²) in [6, 6.07) is 5.45. The van der Waals surface area contributed by atoms with Crippen molar-refractivity contribution in [2.24, 2.45) is 7.05 Å². The Morgan fingerprint density at radius 1 is 1.21 bits per heavy atom. The smallest absolute Gasteiger partial charge is 0.260 e. The number of nitrogens with zero attached hydrogens (tertiary/aromatic N) is 4. The number of aryl methyl sites for hydroxylation is 2. The van der Waals surface area contributed by atoms with Crippen molar-refractivity contribution in [1.82, 2.24) is 18.3 Å². The lowest BCUT2D eigenvalue weighted by atomic mass is 10.1. The molecule has 1 aliphatic heterocycles. The molecule has 0 amide bonds. The largest absolute Gasteiger partial charge is 0.380 e. The summed E-state index contributed by atoms with van der Waals surface area (Å²) in [5, 5.41) is 0.127. The van der Waals surface area contributed by atoms with Crippen LogP contribution in [-0.2, 0) is 21.8 Å². The Balaban J connectivity index is 0.00000240. The van der Waals surface area contributed by atoms with E-state index in [0.717, 1.165) is 11.1 Å². The Hall–Kier alpha value is -2.14. The number of imidazole rings is 1. The first kappa shape index (κ1) is 21.6. The summed E-state index contributed by atoms with van der Waals surface area (Å²) in [5.74, 6) is 0. The third-order valence-electron chi connectivity index (χ3n) is 5.21. The molecule has 1 fully saturated rings. The number of hydrogen-bond donors (Lipinski definition) is 0. The molecule has 156 valence electrons. The molecule has 0 bridgehead atoms. The molecule has 4 rings (SSSR count). The van der Waals surface area contributed by atoms with Crippen molar-refractivity contribution in [1.29, 1.82) is 0 Å². The summed E-state index contributed by atoms with van der Waals surface area (Å²) in [4.78, 5) is 16.2. The first-order valence-corrected chi connectivity index (χ1v) is 10.4. The molecule has 1 atom stereocenters. The molecule has 0 aliphatic carbocycles. The molecule has 1 saturated heterocycles. The lowest BCUT2D eigenvalue weighted by molar-refractivity contribution is 0.115. The standard InChI is InChI=1S/C19H22N4O4S.H2S/c1-13-8-15(10-21(2)19(13)24)14-4-5-17-20-9-18(23(17)11-14)28(25,26)22-7-6-16(12-22)27-3;/h4-5,8-11,16H,6-7,12H2,1-3H3;1H2/t16-;/m0./s1. The van der Waals surface area contributed by atoms with Crippen LogP contribution in [0, 0.1) is 6.92 Å². The van der Waals surface area contributed by atoms with E-state index >= 15 is 0 Å². The van der Waals surface area contributed by atoms with Crippen molar-refractivity contribution in [3.05, 3.63) is 52.7 Å². The third-order valence-corrected chi connectivity index (χ3v) is 7.05. The van der Waals surface area contributed by atoms with E-state index in [4.69, 9.17) is 4.74 Å². The lowest BCUT2D eigenvalue weighted by Gasteiger charge is -2.16. The summed E-state index contributed by atoms with van der Waals surface area (Å²) in [6.07, 6.45) is 5.47. The van der Waals surface area contributed by atoms with Gasteiger partial charge in [-0.2, -0.15) is 17.8 Å². The molecular weight excluding hydrogens is 412 g/mol. The maximum Gasteiger partial charge on any atom is 0.260 e. The van der Waals surface area contributed by atoms with Crippen LogP contribution in [0.3, 0.4) is 0 Å². The Morgan fingerprint density at radius 2 is 1.97 bits per heavy atom. The van der Waals surface area contributed by atoms with Crippen molar-refractivity contribution in [3.8, 4) is 11.1 Å². The molecule has 3 aromatic rings. The van der Waals surface area contributed by atoms with Gasteiger partial charge in [-0.25, -0.2) is 13.4 Å². The summed E-state index contributed by atoms with van der Waals surface area (Å²) in [6.45, 7) is 2.52. The maximum absolute atomic E-state index is 13.1. The summed E-state index contributed by atoms with van der Waals surface area (Å²) in [7, 11) is -0.396. The van der Waals surface area contributed by atoms with Gasteiger partial charge in [0.2, 0.25) is 0 Å². The van der Waals surface area contributed by atoms with Gasteiger partial charge in [-0.3, -0.25) is 9.20 Å². The molecule has 0 aromatic carbocycles. The van der Waals surface area contributed by atoms with Gasteiger partial charge in [-0.1, -0.05) is 0 Å². The molecule has 0 radical (unpaired) electrons. The fraction of sp³-hybridized carbons (Fsp3) is 0.368. The van der Waals surface area contributed by atoms with Gasteiger partial charge in [0, 0.05) is 45.2 Å². The monoisotopic (exact) mass is 436 g/mol. The molecule has 3 aromatic heterocycles. The van der Waals surface area contributed by atoms with Crippen LogP contribution >= 0.6 is 13.5 Å². The van der Waals surface area contributed by atoms with E-state index in [1.165, 1.54) is 15.1 Å². The summed E-state index contributed by atoms with van der Waals surface area (Å²) < 4.78 is 36.1. The topological polar surface area (TPSA) is 85.9 Å². The van der Waals surface area contributed by atoms with E-state index in [1.54, 1.807) is 50.0 Å². The highest BCUT2D eigenvalue weighted by molar-refractivity contribution is 7.89. The Bertz CT molecular complexity index is 1190. The number of sulfonamides is 1. The Morgan fingerprint density at radius 3 is 2.62 bits per heavy atom. The normalized spacial score (nSPS) is 17.6. The van der Waals surface area contributed by atoms with Crippen LogP contribution in [-0.4, -0.2) is 53.0 Å². The average molecular weight is 437 g/mol. The molecule has 0 spiro atoms. The highest BCUT2D eigenvalue weighted by Gasteiger charge is 2.34. The van der Waals surface area contributed by atoms with E-state index in [9.17, 15) is 13.2 Å². The molecule has 8 nitrogen and oxygen atoms in total. The second-order valence-corrected chi connectivity index (χ2v) is 8.96. The van der Waals surface area contributed by atoms with Crippen molar-refractivity contribution < 1.29 is 13.2 Å². The predicted octanol–water partition coefficient (Wildman–Crippen LogP) is 1.53. The van der Waals surface area contributed by atoms with E-state index in [1.807, 2.05) is 6.07 Å². The van der Waals surface area contributed by atoms with Gasteiger partial charge in [0.25, 0.3) is 15.6 Å². The van der Waals surface area contributed by atoms with Gasteiger partial charge in [-0.15, -0.1) is 0 Å². The molecular formula is C19H24N4O4S2. The fourth-order valence-electron chi connectivity index (χ4n) is 3.60. The highest BCUT2D eigenvalue weighted by atomic mass is 32.2. The van der Waals surface area contributed by atoms with E-state index in [2.05, 4.69) is 4.98 Å². The summed E-state index contributed by atoms with van der Waals surface area (Å²) in [5.41, 5.74) is 2.75. The van der Waals surface area contributed by atoms with Crippen LogP contribution in [0.4, 0.5) is 0 Å². The number of fused-ring (bicyclic) bond motifs is 1. The van der Waals surface area contributed by atoms with Gasteiger partial charge in [0.05, 0.1) is 12.3 Å². The number of pyridine rings is 2. The van der Waals surface area contributed by atoms with Crippen molar-refractivity contribution >= 4 is 29.2 Å². The zero-order valence-electron chi connectivity index (χ0n) is 16.5. The minimum atomic E-state index is -3.69. The van der Waals surface area contributed by atoms with Crippen LogP contribution in [0.1, 0.15) is 12.0 Å². The first-order valence-electron chi connectivity index (χ1n) is 8.99. The first-order chi connectivity index (χ1) is 13.3. The quantitative estimate of drug-likeness (QED) is 0.619. The molecule has 0 N–H and O–H groups in total. The Labute approximate surface area is 176 Å². The number of rotatable bonds is 4. The predicted molar refractivity (Wildman–Crippen MR) is 115 cm³/mol. The summed E-state index contributed by atoms with van der Waals surface area (Å²) >= 11 is 0. The van der Waals surface area contributed by atoms with E-state index in [0.29, 0.717) is 30.7 Å². The number of methoxy groups -OCH3 is 1. The zero-order chi connectivity index (χ0) is 20.1. The van der Waals surface area contributed by atoms with Crippen molar-refractivity contribution in [2.75, 3.05) is 20.2 Å². The second-order valence-electron chi connectivity index (χ2n) is 7.08. The van der Waals surface area contributed by atoms with Crippen LogP contribution in [0.5, 0.6) is 0 Å². The van der Waals surface area contributed by atoms with Gasteiger partial charge in [-0.05, 0) is 42.7 Å². The van der Waals surface area contributed by atoms with Gasteiger partial charge in [0.15, 0.2) is 5.03 Å². The maximum atomic E-state index is 13.1. The average Bonchev–Trinajstić information content (AvgIpc) is 3.32. The van der Waals surface area contributed by atoms with Crippen LogP contribution in [0.2, 0.25) is 0 Å². The lowest BCUT2D eigenvalue weighted by Crippen LogP contribution is -2.30. The van der Waals surface area contributed by atoms with Crippen LogP contribution < -0.4 is 5.56 Å². The molecule has 10 heteroatoms. The van der Waals surface area contributed by atoms with E-state index in [-0.39, 0.29) is 30.2 Å². The Kier molecular flexibility index (Phi) is 5.91. The highest BCUT2D eigenvalue weighted by Crippen LogP contribution is 2.26. The van der Waals surface area contributed by atoms with Crippen molar-refractivity contribution in [2.45, 2.75) is 24.5 Å². The molecule has 0 saturated carbocycles. The number of hydrogen-bond acceptors (Lipinski definition) is 5. The molecule has 0 unspecified atom stereocenters. The van der Waals surface area contributed by atoms with Crippen LogP contribution in [0.25, 0.3) is 16.8 Å². The zero-order valence-corrected chi connectivity index (χ0v) is 18.3. The van der Waals surface area contributed by atoms with Gasteiger partial charge >= 0.3 is 0 Å². The SMILES string of the molecule is CO[C@H]1CCN(S(=O)(=O)c2cnc3ccc(-c4cc(C)c(=O)n(C)c4)cn23)C1.S. The molecule has 1 aliphatic rings. The number of ether oxygens (including phenoxy) is 1. The third kappa shape index (κ3) is 3.73. The second kappa shape index (κ2) is 7.94. The molecule has 4 heterocycles. The number of aromatic nitrogens is 3. The van der Waals surface area contributed by atoms with Crippen molar-refractivity contribution in [3.63, 3.8) is 0 Å².